The van der Waals surface area contributed by atoms with Crippen LogP contribution in [0.15, 0.2) is 54.7 Å². The molecule has 2 heterocycles. The lowest BCUT2D eigenvalue weighted by molar-refractivity contribution is 0.0691. The van der Waals surface area contributed by atoms with Crippen LogP contribution in [0, 0.1) is 5.82 Å². The number of urea groups is 1. The molecule has 0 radical (unpaired) electrons. The highest BCUT2D eigenvalue weighted by molar-refractivity contribution is 6.30. The van der Waals surface area contributed by atoms with Gasteiger partial charge in [0.1, 0.15) is 11.4 Å². The zero-order valence-corrected chi connectivity index (χ0v) is 17.2. The molecular weight excluding hydrogens is 425 g/mol. The number of carbonyl (C=O) groups is 2. The van der Waals surface area contributed by atoms with Crippen molar-refractivity contribution in [2.75, 3.05) is 6.54 Å². The van der Waals surface area contributed by atoms with Crippen molar-refractivity contribution in [3.8, 4) is 11.1 Å². The minimum absolute atomic E-state index is 0.136. The van der Waals surface area contributed by atoms with Crippen molar-refractivity contribution in [2.24, 2.45) is 7.05 Å². The molecule has 31 heavy (non-hydrogen) atoms. The summed E-state index contributed by atoms with van der Waals surface area (Å²) in [6.07, 6.45) is 0.217. The van der Waals surface area contributed by atoms with Crippen LogP contribution in [-0.4, -0.2) is 39.6 Å². The molecule has 1 aliphatic heterocycles. The fourth-order valence-corrected chi connectivity index (χ4v) is 3.90. The molecule has 1 aromatic heterocycles. The fraction of sp³-hybridized carbons (Fsp3) is 0.190. The zero-order valence-electron chi connectivity index (χ0n) is 16.4. The third-order valence-corrected chi connectivity index (χ3v) is 5.51. The standard InChI is InChI=1S/C21H19ClFN5O3/c1-28-17(8-9-25-28)21(19(30)26-20(31)27-21)11-24-18(29)15-5-3-2-4-13(15)14-7-6-12(22)10-16(14)23/h2-10,19,30H,11H2,1H3,(H,24,29)(H2,26,27,31). The van der Waals surface area contributed by atoms with Gasteiger partial charge in [-0.05, 0) is 35.9 Å². The van der Waals surface area contributed by atoms with E-state index in [9.17, 15) is 19.1 Å². The Kier molecular flexibility index (Phi) is 5.38. The molecule has 0 aliphatic carbocycles. The second-order valence-corrected chi connectivity index (χ2v) is 7.60. The number of aliphatic hydroxyl groups is 1. The second kappa shape index (κ2) is 8.01. The van der Waals surface area contributed by atoms with Gasteiger partial charge in [0.15, 0.2) is 6.23 Å². The molecule has 8 nitrogen and oxygen atoms in total. The number of aliphatic hydroxyl groups excluding tert-OH is 1. The number of nitrogens with zero attached hydrogens (tertiary/aromatic N) is 2. The zero-order chi connectivity index (χ0) is 22.2. The molecule has 1 fully saturated rings. The number of rotatable bonds is 5. The van der Waals surface area contributed by atoms with Crippen LogP contribution >= 0.6 is 11.6 Å². The highest BCUT2D eigenvalue weighted by Crippen LogP contribution is 2.30. The average Bonchev–Trinajstić information content (AvgIpc) is 3.29. The lowest BCUT2D eigenvalue weighted by atomic mass is 9.93. The molecule has 3 aromatic rings. The molecule has 160 valence electrons. The van der Waals surface area contributed by atoms with Crippen molar-refractivity contribution >= 4 is 23.5 Å². The molecule has 0 spiro atoms. The predicted molar refractivity (Wildman–Crippen MR) is 112 cm³/mol. The first-order chi connectivity index (χ1) is 14.8. The molecular formula is C21H19ClFN5O3. The maximum atomic E-state index is 14.5. The Morgan fingerprint density at radius 2 is 2.06 bits per heavy atom. The van der Waals surface area contributed by atoms with E-state index in [0.29, 0.717) is 11.3 Å². The van der Waals surface area contributed by atoms with E-state index < -0.39 is 29.5 Å². The third kappa shape index (κ3) is 3.73. The van der Waals surface area contributed by atoms with Crippen molar-refractivity contribution in [2.45, 2.75) is 11.8 Å². The highest BCUT2D eigenvalue weighted by atomic mass is 35.5. The van der Waals surface area contributed by atoms with E-state index >= 15 is 0 Å². The van der Waals surface area contributed by atoms with Crippen LogP contribution in [0.4, 0.5) is 9.18 Å². The topological polar surface area (TPSA) is 108 Å². The largest absolute Gasteiger partial charge is 0.371 e. The first kappa shape index (κ1) is 20.8. The number of aryl methyl sites for hydroxylation is 1. The van der Waals surface area contributed by atoms with Crippen molar-refractivity contribution in [1.29, 1.82) is 0 Å². The number of aromatic nitrogens is 2. The van der Waals surface area contributed by atoms with Crippen LogP contribution in [0.3, 0.4) is 0 Å². The fourth-order valence-electron chi connectivity index (χ4n) is 3.74. The van der Waals surface area contributed by atoms with E-state index in [1.165, 1.54) is 23.0 Å². The predicted octanol–water partition coefficient (Wildman–Crippen LogP) is 2.14. The third-order valence-electron chi connectivity index (χ3n) is 5.27. The van der Waals surface area contributed by atoms with Crippen LogP contribution in [-0.2, 0) is 12.6 Å². The highest BCUT2D eigenvalue weighted by Gasteiger charge is 2.49. The van der Waals surface area contributed by atoms with Gasteiger partial charge in [-0.2, -0.15) is 5.10 Å². The Labute approximate surface area is 182 Å². The summed E-state index contributed by atoms with van der Waals surface area (Å²) >= 11 is 5.84. The molecule has 10 heteroatoms. The van der Waals surface area contributed by atoms with Gasteiger partial charge < -0.3 is 21.1 Å². The van der Waals surface area contributed by atoms with Gasteiger partial charge in [0.25, 0.3) is 5.91 Å². The number of amides is 3. The minimum atomic E-state index is -1.33. The molecule has 1 aliphatic rings. The average molecular weight is 444 g/mol. The number of carbonyl (C=O) groups excluding carboxylic acids is 2. The van der Waals surface area contributed by atoms with Gasteiger partial charge in [-0.25, -0.2) is 9.18 Å². The summed E-state index contributed by atoms with van der Waals surface area (Å²) in [5.74, 6) is -1.05. The maximum absolute atomic E-state index is 14.5. The van der Waals surface area contributed by atoms with Gasteiger partial charge in [-0.3, -0.25) is 9.48 Å². The Morgan fingerprint density at radius 1 is 1.29 bits per heavy atom. The number of hydrogen-bond donors (Lipinski definition) is 4. The second-order valence-electron chi connectivity index (χ2n) is 7.16. The van der Waals surface area contributed by atoms with Crippen LogP contribution in [0.1, 0.15) is 16.1 Å². The molecule has 2 aromatic carbocycles. The Balaban J connectivity index is 1.65. The maximum Gasteiger partial charge on any atom is 0.317 e. The van der Waals surface area contributed by atoms with Crippen LogP contribution in [0.25, 0.3) is 11.1 Å². The van der Waals surface area contributed by atoms with Gasteiger partial charge in [0, 0.05) is 29.4 Å². The SMILES string of the molecule is Cn1nccc1C1(CNC(=O)c2ccccc2-c2ccc(Cl)cc2F)NC(=O)NC1O. The van der Waals surface area contributed by atoms with E-state index in [0.717, 1.165) is 0 Å². The number of halogens is 2. The van der Waals surface area contributed by atoms with Gasteiger partial charge in [-0.1, -0.05) is 29.8 Å². The summed E-state index contributed by atoms with van der Waals surface area (Å²) in [6.45, 7) is -0.136. The molecule has 0 saturated carbocycles. The van der Waals surface area contributed by atoms with Crippen molar-refractivity contribution in [3.63, 3.8) is 0 Å². The van der Waals surface area contributed by atoms with Crippen LogP contribution in [0.5, 0.6) is 0 Å². The number of benzene rings is 2. The first-order valence-electron chi connectivity index (χ1n) is 9.40. The monoisotopic (exact) mass is 443 g/mol. The summed E-state index contributed by atoms with van der Waals surface area (Å²) in [6, 6.07) is 11.8. The Bertz CT molecular complexity index is 1170. The van der Waals surface area contributed by atoms with E-state index in [4.69, 9.17) is 11.6 Å². The van der Waals surface area contributed by atoms with Gasteiger partial charge in [0.2, 0.25) is 0 Å². The number of nitrogens with one attached hydrogen (secondary N) is 3. The summed E-state index contributed by atoms with van der Waals surface area (Å²) in [4.78, 5) is 25.0. The molecule has 1 saturated heterocycles. The van der Waals surface area contributed by atoms with Crippen molar-refractivity contribution in [1.82, 2.24) is 25.7 Å². The van der Waals surface area contributed by atoms with E-state index in [1.54, 1.807) is 43.4 Å². The Morgan fingerprint density at radius 3 is 2.71 bits per heavy atom. The summed E-state index contributed by atoms with van der Waals surface area (Å²) in [7, 11) is 1.66. The summed E-state index contributed by atoms with van der Waals surface area (Å²) in [5.41, 5.74) is 0.00919. The molecule has 2 unspecified atom stereocenters. The molecule has 3 amide bonds. The molecule has 2 atom stereocenters. The molecule has 4 N–H and O–H groups in total. The Hall–Kier alpha value is -3.43. The number of hydrogen-bond acceptors (Lipinski definition) is 4. The van der Waals surface area contributed by atoms with Crippen LogP contribution < -0.4 is 16.0 Å². The lowest BCUT2D eigenvalue weighted by Gasteiger charge is -2.31. The molecule has 4 rings (SSSR count). The quantitative estimate of drug-likeness (QED) is 0.484. The van der Waals surface area contributed by atoms with Gasteiger partial charge in [0.05, 0.1) is 12.2 Å². The van der Waals surface area contributed by atoms with E-state index in [1.807, 2.05) is 0 Å². The normalized spacial score (nSPS) is 20.3. The summed E-state index contributed by atoms with van der Waals surface area (Å²) in [5, 5.41) is 22.7. The molecule has 0 bridgehead atoms. The lowest BCUT2D eigenvalue weighted by Crippen LogP contribution is -2.55. The summed E-state index contributed by atoms with van der Waals surface area (Å²) < 4.78 is 16.0. The first-order valence-corrected chi connectivity index (χ1v) is 9.77. The van der Waals surface area contributed by atoms with Gasteiger partial charge >= 0.3 is 6.03 Å². The van der Waals surface area contributed by atoms with Gasteiger partial charge in [-0.15, -0.1) is 0 Å². The minimum Gasteiger partial charge on any atom is -0.371 e. The van der Waals surface area contributed by atoms with Crippen molar-refractivity contribution in [3.05, 3.63) is 76.8 Å². The van der Waals surface area contributed by atoms with E-state index in [2.05, 4.69) is 21.0 Å². The smallest absolute Gasteiger partial charge is 0.317 e. The van der Waals surface area contributed by atoms with Crippen LogP contribution in [0.2, 0.25) is 5.02 Å². The van der Waals surface area contributed by atoms with E-state index in [-0.39, 0.29) is 22.7 Å². The van der Waals surface area contributed by atoms with Crippen molar-refractivity contribution < 1.29 is 19.1 Å².